The van der Waals surface area contributed by atoms with Crippen molar-refractivity contribution in [2.45, 2.75) is 0 Å². The molecule has 4 heteroatoms. The summed E-state index contributed by atoms with van der Waals surface area (Å²) in [5, 5.41) is 12.5. The van der Waals surface area contributed by atoms with E-state index in [4.69, 9.17) is 23.7 Å². The fourth-order valence-electron chi connectivity index (χ4n) is 0. The van der Waals surface area contributed by atoms with E-state index in [-0.39, 0.29) is 39.4 Å². The van der Waals surface area contributed by atoms with Crippen LogP contribution in [0.3, 0.4) is 0 Å². The van der Waals surface area contributed by atoms with Crippen LogP contribution in [0, 0.1) is 23.7 Å². The molecule has 2 nitrogen and oxygen atoms in total. The SMILES string of the molecule is [Ag].[C-]#N.[C-]#N.[Fe+2]. The first-order valence-electron chi connectivity index (χ1n) is 0.447. The van der Waals surface area contributed by atoms with Crippen LogP contribution in [-0.4, -0.2) is 0 Å². The van der Waals surface area contributed by atoms with Crippen molar-refractivity contribution >= 4 is 0 Å². The molecule has 1 radical (unpaired) electrons. The molecule has 0 aliphatic carbocycles. The molecule has 0 fully saturated rings. The Morgan fingerprint density at radius 1 is 0.833 bits per heavy atom. The van der Waals surface area contributed by atoms with Crippen LogP contribution in [0.4, 0.5) is 0 Å². The number of hydrogen-bond donors (Lipinski definition) is 0. The van der Waals surface area contributed by atoms with Gasteiger partial charge in [0.2, 0.25) is 0 Å². The summed E-state index contributed by atoms with van der Waals surface area (Å²) in [6.07, 6.45) is 0. The average Bonchev–Trinajstić information content (AvgIpc) is 1.50. The van der Waals surface area contributed by atoms with Gasteiger partial charge in [-0.3, -0.25) is 0 Å². The van der Waals surface area contributed by atoms with Gasteiger partial charge in [0.1, 0.15) is 0 Å². The van der Waals surface area contributed by atoms with Gasteiger partial charge in [-0.15, -0.1) is 0 Å². The van der Waals surface area contributed by atoms with E-state index in [0.29, 0.717) is 0 Å². The zero-order valence-electron chi connectivity index (χ0n) is 2.55. The van der Waals surface area contributed by atoms with E-state index < -0.39 is 0 Å². The molecule has 0 saturated carbocycles. The van der Waals surface area contributed by atoms with Crippen molar-refractivity contribution in [3.05, 3.63) is 13.1 Å². The third-order valence-corrected chi connectivity index (χ3v) is 0. The minimum absolute atomic E-state index is 0. The topological polar surface area (TPSA) is 47.6 Å². The molecule has 0 spiro atoms. The second-order valence-corrected chi connectivity index (χ2v) is 0. The van der Waals surface area contributed by atoms with Crippen LogP contribution in [0.1, 0.15) is 0 Å². The zero-order valence-corrected chi connectivity index (χ0v) is 5.14. The largest absolute Gasteiger partial charge is 2.00 e. The Kier molecular flexibility index (Phi) is 9330. The summed E-state index contributed by atoms with van der Waals surface area (Å²) >= 11 is 0. The van der Waals surface area contributed by atoms with Crippen molar-refractivity contribution < 1.29 is 39.4 Å². The maximum Gasteiger partial charge on any atom is 2.00 e. The summed E-state index contributed by atoms with van der Waals surface area (Å²) in [5.41, 5.74) is 0. The first-order valence-corrected chi connectivity index (χ1v) is 0.447. The van der Waals surface area contributed by atoms with Crippen molar-refractivity contribution in [1.29, 1.82) is 10.5 Å². The van der Waals surface area contributed by atoms with Gasteiger partial charge in [-0.25, -0.2) is 0 Å². The van der Waals surface area contributed by atoms with Crippen LogP contribution in [0.25, 0.3) is 0 Å². The molecule has 0 saturated heterocycles. The van der Waals surface area contributed by atoms with E-state index in [2.05, 4.69) is 0 Å². The summed E-state index contributed by atoms with van der Waals surface area (Å²) < 4.78 is 0. The number of hydrogen-bond acceptors (Lipinski definition) is 2. The summed E-state index contributed by atoms with van der Waals surface area (Å²) in [7, 11) is 0. The average molecular weight is 216 g/mol. The molecule has 0 heterocycles. The van der Waals surface area contributed by atoms with Gasteiger partial charge >= 0.3 is 17.1 Å². The summed E-state index contributed by atoms with van der Waals surface area (Å²) in [5.74, 6) is 0. The molecule has 0 rings (SSSR count). The monoisotopic (exact) mass is 215 g/mol. The third-order valence-electron chi connectivity index (χ3n) is 0. The molecule has 0 aromatic heterocycles. The molecule has 0 amide bonds. The Morgan fingerprint density at radius 2 is 0.833 bits per heavy atom. The minimum Gasteiger partial charge on any atom is -0.512 e. The quantitative estimate of drug-likeness (QED) is 0.428. The van der Waals surface area contributed by atoms with Crippen molar-refractivity contribution in [2.75, 3.05) is 0 Å². The first kappa shape index (κ1) is 34.2. The normalized spacial score (nSPS) is 0.667. The molecule has 0 aromatic carbocycles. The third kappa shape index (κ3) is 774. The summed E-state index contributed by atoms with van der Waals surface area (Å²) in [4.78, 5) is 0. The second kappa shape index (κ2) is 1640. The van der Waals surface area contributed by atoms with E-state index in [1.807, 2.05) is 0 Å². The van der Waals surface area contributed by atoms with Crippen molar-refractivity contribution in [3.63, 3.8) is 0 Å². The van der Waals surface area contributed by atoms with Crippen LogP contribution in [0.5, 0.6) is 0 Å². The molecule has 0 aromatic rings. The van der Waals surface area contributed by atoms with Crippen LogP contribution in [0.2, 0.25) is 0 Å². The van der Waals surface area contributed by atoms with Gasteiger partial charge in [0.15, 0.2) is 0 Å². The van der Waals surface area contributed by atoms with Crippen molar-refractivity contribution in [1.82, 2.24) is 0 Å². The van der Waals surface area contributed by atoms with Gasteiger partial charge in [0.05, 0.1) is 0 Å². The van der Waals surface area contributed by atoms with E-state index in [0.717, 1.165) is 0 Å². The van der Waals surface area contributed by atoms with Gasteiger partial charge in [0, 0.05) is 22.4 Å². The van der Waals surface area contributed by atoms with E-state index in [1.54, 1.807) is 0 Å². The van der Waals surface area contributed by atoms with E-state index >= 15 is 0 Å². The van der Waals surface area contributed by atoms with Gasteiger partial charge in [0.25, 0.3) is 0 Å². The molecule has 37 valence electrons. The molecule has 0 N–H and O–H groups in total. The number of nitrogens with zero attached hydrogens (tertiary/aromatic N) is 2. The Bertz CT molecular complexity index is 27.0. The molecule has 0 aliphatic heterocycles. The molecular formula is C2AgFeN2. The fourth-order valence-corrected chi connectivity index (χ4v) is 0. The zero-order chi connectivity index (χ0) is 4.00. The van der Waals surface area contributed by atoms with Crippen LogP contribution >= 0.6 is 0 Å². The van der Waals surface area contributed by atoms with Crippen molar-refractivity contribution in [3.8, 4) is 0 Å². The Balaban J connectivity index is -0.00000000500. The van der Waals surface area contributed by atoms with E-state index in [1.165, 1.54) is 0 Å². The molecule has 0 atom stereocenters. The van der Waals surface area contributed by atoms with Crippen LogP contribution in [0.15, 0.2) is 0 Å². The smallest absolute Gasteiger partial charge is 0.512 e. The van der Waals surface area contributed by atoms with Gasteiger partial charge in [-0.2, -0.15) is 0 Å². The standard InChI is InChI=1S/2CN.Ag.Fe/c2*1-2;;/q2*-1;;+2. The predicted molar refractivity (Wildman–Crippen MR) is 9.94 cm³/mol. The fraction of sp³-hybridized carbons (Fsp3) is 0. The van der Waals surface area contributed by atoms with Gasteiger partial charge in [-0.05, 0) is 0 Å². The molecule has 0 unspecified atom stereocenters. The second-order valence-electron chi connectivity index (χ2n) is 0. The maximum absolute atomic E-state index is 6.25. The molecular weight excluding hydrogens is 216 g/mol. The van der Waals surface area contributed by atoms with Crippen LogP contribution in [-0.2, 0) is 39.4 Å². The van der Waals surface area contributed by atoms with Gasteiger partial charge in [-0.1, -0.05) is 0 Å². The van der Waals surface area contributed by atoms with Crippen LogP contribution < -0.4 is 0 Å². The number of rotatable bonds is 0. The Hall–Kier alpha value is 0.240. The summed E-state index contributed by atoms with van der Waals surface area (Å²) in [6.45, 7) is 9.50. The first-order chi connectivity index (χ1) is 2.00. The summed E-state index contributed by atoms with van der Waals surface area (Å²) in [6, 6.07) is 0. The van der Waals surface area contributed by atoms with Gasteiger partial charge < -0.3 is 23.7 Å². The molecule has 0 aliphatic rings. The molecule has 6 heavy (non-hydrogen) atoms. The van der Waals surface area contributed by atoms with E-state index in [9.17, 15) is 0 Å². The Labute approximate surface area is 63.1 Å². The minimum atomic E-state index is 0. The Morgan fingerprint density at radius 3 is 0.833 bits per heavy atom. The van der Waals surface area contributed by atoms with Crippen molar-refractivity contribution in [2.24, 2.45) is 0 Å². The maximum atomic E-state index is 6.25. The predicted octanol–water partition coefficient (Wildman–Crippen LogP) is 0.188. The molecule has 0 bridgehead atoms.